The van der Waals surface area contributed by atoms with Crippen molar-refractivity contribution in [3.63, 3.8) is 0 Å². The first kappa shape index (κ1) is 20.7. The topological polar surface area (TPSA) is 18.5 Å². The van der Waals surface area contributed by atoms with E-state index in [0.29, 0.717) is 11.8 Å². The van der Waals surface area contributed by atoms with Crippen LogP contribution >= 0.6 is 0 Å². The van der Waals surface area contributed by atoms with Crippen LogP contribution in [0, 0.1) is 0 Å². The molecule has 0 spiro atoms. The highest BCUT2D eigenvalue weighted by atomic mass is 16.7. The molecule has 3 aromatic rings. The van der Waals surface area contributed by atoms with Crippen LogP contribution in [0.3, 0.4) is 0 Å². The molecular formula is C30H29BO2. The molecule has 2 nitrogen and oxygen atoms in total. The lowest BCUT2D eigenvalue weighted by Gasteiger charge is -2.34. The zero-order valence-electron chi connectivity index (χ0n) is 19.7. The minimum Gasteiger partial charge on any atom is -0.399 e. The van der Waals surface area contributed by atoms with E-state index in [1.807, 2.05) is 0 Å². The van der Waals surface area contributed by atoms with Crippen molar-refractivity contribution in [3.05, 3.63) is 102 Å². The second-order valence-corrected chi connectivity index (χ2v) is 10.4. The fourth-order valence-corrected chi connectivity index (χ4v) is 5.31. The first-order valence-electron chi connectivity index (χ1n) is 11.9. The van der Waals surface area contributed by atoms with Crippen LogP contribution in [0.25, 0.3) is 22.3 Å². The van der Waals surface area contributed by atoms with Crippen LogP contribution in [0.5, 0.6) is 0 Å². The fourth-order valence-electron chi connectivity index (χ4n) is 5.31. The quantitative estimate of drug-likeness (QED) is 0.424. The molecule has 0 N–H and O–H groups in total. The molecule has 2 aliphatic carbocycles. The summed E-state index contributed by atoms with van der Waals surface area (Å²) in [4.78, 5) is 0. The third-order valence-electron chi connectivity index (χ3n) is 7.93. The van der Waals surface area contributed by atoms with Gasteiger partial charge in [0.25, 0.3) is 0 Å². The van der Waals surface area contributed by atoms with Gasteiger partial charge in [-0.25, -0.2) is 0 Å². The van der Waals surface area contributed by atoms with Crippen molar-refractivity contribution in [3.8, 4) is 22.3 Å². The van der Waals surface area contributed by atoms with E-state index in [-0.39, 0.29) is 18.3 Å². The van der Waals surface area contributed by atoms with Gasteiger partial charge < -0.3 is 9.31 Å². The van der Waals surface area contributed by atoms with Crippen LogP contribution < -0.4 is 5.46 Å². The summed E-state index contributed by atoms with van der Waals surface area (Å²) in [5, 5.41) is 0. The smallest absolute Gasteiger partial charge is 0.399 e. The lowest BCUT2D eigenvalue weighted by atomic mass is 9.69. The van der Waals surface area contributed by atoms with Gasteiger partial charge in [-0.05, 0) is 72.6 Å². The van der Waals surface area contributed by atoms with E-state index in [9.17, 15) is 0 Å². The van der Waals surface area contributed by atoms with E-state index in [0.717, 1.165) is 5.46 Å². The molecule has 6 rings (SSSR count). The second-order valence-electron chi connectivity index (χ2n) is 10.4. The maximum atomic E-state index is 6.23. The Morgan fingerprint density at radius 1 is 0.636 bits per heavy atom. The summed E-state index contributed by atoms with van der Waals surface area (Å²) in [5.41, 5.74) is 8.40. The normalized spacial score (nSPS) is 23.7. The van der Waals surface area contributed by atoms with Crippen LogP contribution in [-0.2, 0) is 9.31 Å². The van der Waals surface area contributed by atoms with Gasteiger partial charge in [0.1, 0.15) is 0 Å². The highest BCUT2D eigenvalue weighted by Gasteiger charge is 2.51. The molecule has 3 aromatic carbocycles. The average Bonchev–Trinajstić information content (AvgIpc) is 3.06. The maximum absolute atomic E-state index is 6.23. The fraction of sp³-hybridized carbons (Fsp3) is 0.267. The molecule has 3 aliphatic rings. The van der Waals surface area contributed by atoms with Gasteiger partial charge in [-0.1, -0.05) is 85.0 Å². The van der Waals surface area contributed by atoms with Crippen molar-refractivity contribution in [2.24, 2.45) is 0 Å². The zero-order valence-corrected chi connectivity index (χ0v) is 19.7. The van der Waals surface area contributed by atoms with Crippen LogP contribution in [0.4, 0.5) is 0 Å². The van der Waals surface area contributed by atoms with Crippen molar-refractivity contribution < 1.29 is 9.31 Å². The molecule has 33 heavy (non-hydrogen) atoms. The Bertz CT molecular complexity index is 1270. The van der Waals surface area contributed by atoms with Gasteiger partial charge in [0.2, 0.25) is 0 Å². The molecular weight excluding hydrogens is 403 g/mol. The minimum atomic E-state index is -0.330. The van der Waals surface area contributed by atoms with Crippen molar-refractivity contribution in [1.82, 2.24) is 0 Å². The summed E-state index contributed by atoms with van der Waals surface area (Å²) in [6.45, 7) is 8.37. The third-order valence-corrected chi connectivity index (χ3v) is 7.93. The van der Waals surface area contributed by atoms with Crippen LogP contribution in [-0.4, -0.2) is 18.3 Å². The molecule has 0 aromatic heterocycles. The van der Waals surface area contributed by atoms with E-state index in [1.165, 1.54) is 33.4 Å². The Labute approximate surface area is 197 Å². The summed E-state index contributed by atoms with van der Waals surface area (Å²) in [7, 11) is -0.330. The zero-order chi connectivity index (χ0) is 22.8. The molecule has 0 radical (unpaired) electrons. The lowest BCUT2D eigenvalue weighted by Crippen LogP contribution is -2.41. The van der Waals surface area contributed by atoms with Gasteiger partial charge in [0, 0.05) is 11.8 Å². The van der Waals surface area contributed by atoms with Gasteiger partial charge in [-0.3, -0.25) is 0 Å². The molecule has 1 fully saturated rings. The number of fused-ring (bicyclic) bond motifs is 6. The van der Waals surface area contributed by atoms with Crippen LogP contribution in [0.2, 0.25) is 0 Å². The molecule has 0 bridgehead atoms. The number of hydrogen-bond acceptors (Lipinski definition) is 2. The molecule has 0 amide bonds. The molecule has 164 valence electrons. The van der Waals surface area contributed by atoms with E-state index in [4.69, 9.17) is 9.31 Å². The SMILES string of the molecule is CC1(C)OB(c2ccc(-c3ccc4c(c3)C3C=CC=CC3c3ccccc3-4)cc2)OC1(C)C. The van der Waals surface area contributed by atoms with Crippen molar-refractivity contribution in [1.29, 1.82) is 0 Å². The molecule has 1 saturated heterocycles. The summed E-state index contributed by atoms with van der Waals surface area (Å²) in [5.74, 6) is 0.781. The van der Waals surface area contributed by atoms with Crippen molar-refractivity contribution in [2.75, 3.05) is 0 Å². The Balaban J connectivity index is 1.35. The molecule has 2 unspecified atom stereocenters. The summed E-state index contributed by atoms with van der Waals surface area (Å²) in [6, 6.07) is 24.4. The minimum absolute atomic E-state index is 0.330. The monoisotopic (exact) mass is 432 g/mol. The largest absolute Gasteiger partial charge is 0.494 e. The Morgan fingerprint density at radius 3 is 1.91 bits per heavy atom. The van der Waals surface area contributed by atoms with E-state index in [1.54, 1.807) is 0 Å². The van der Waals surface area contributed by atoms with Gasteiger partial charge in [-0.15, -0.1) is 0 Å². The van der Waals surface area contributed by atoms with Gasteiger partial charge in [-0.2, -0.15) is 0 Å². The predicted octanol–water partition coefficient (Wildman–Crippen LogP) is 6.63. The van der Waals surface area contributed by atoms with Gasteiger partial charge in [0.05, 0.1) is 11.2 Å². The summed E-state index contributed by atoms with van der Waals surface area (Å²) >= 11 is 0. The second kappa shape index (κ2) is 7.31. The third kappa shape index (κ3) is 3.26. The first-order valence-corrected chi connectivity index (χ1v) is 11.9. The number of hydrogen-bond donors (Lipinski definition) is 0. The number of rotatable bonds is 2. The summed E-state index contributed by atoms with van der Waals surface area (Å²) < 4.78 is 12.5. The van der Waals surface area contributed by atoms with Gasteiger partial charge in [0.15, 0.2) is 0 Å². The molecule has 3 heteroatoms. The molecule has 1 aliphatic heterocycles. The highest BCUT2D eigenvalue weighted by molar-refractivity contribution is 6.62. The van der Waals surface area contributed by atoms with E-state index < -0.39 is 0 Å². The van der Waals surface area contributed by atoms with Crippen molar-refractivity contribution >= 4 is 12.6 Å². The van der Waals surface area contributed by atoms with Gasteiger partial charge >= 0.3 is 7.12 Å². The predicted molar refractivity (Wildman–Crippen MR) is 137 cm³/mol. The Hall–Kier alpha value is -2.88. The molecule has 1 heterocycles. The number of allylic oxidation sites excluding steroid dienone is 4. The van der Waals surface area contributed by atoms with E-state index in [2.05, 4.69) is 119 Å². The van der Waals surface area contributed by atoms with E-state index >= 15 is 0 Å². The van der Waals surface area contributed by atoms with Crippen LogP contribution in [0.15, 0.2) is 91.0 Å². The van der Waals surface area contributed by atoms with Crippen LogP contribution in [0.1, 0.15) is 50.7 Å². The molecule has 0 saturated carbocycles. The highest BCUT2D eigenvalue weighted by Crippen LogP contribution is 2.50. The lowest BCUT2D eigenvalue weighted by molar-refractivity contribution is 0.00578. The Morgan fingerprint density at radius 2 is 1.21 bits per heavy atom. The number of benzene rings is 3. The Kier molecular flexibility index (Phi) is 4.59. The maximum Gasteiger partial charge on any atom is 0.494 e. The average molecular weight is 432 g/mol. The van der Waals surface area contributed by atoms with Crippen molar-refractivity contribution in [2.45, 2.75) is 50.7 Å². The standard InChI is InChI=1S/C30H29BO2/c1-29(2)30(3,4)33-31(32-29)22-16-13-20(14-17-22)21-15-18-27-25-11-6-5-9-23(25)24-10-7-8-12-26(24)28(27)19-21/h5-19,24,26H,1-4H3. The first-order chi connectivity index (χ1) is 15.8. The summed E-state index contributed by atoms with van der Waals surface area (Å²) in [6.07, 6.45) is 9.06. The molecule has 2 atom stereocenters.